The number of halogens is 3. The topological polar surface area (TPSA) is 77.6 Å². The van der Waals surface area contributed by atoms with Gasteiger partial charge in [-0.3, -0.25) is 9.59 Å². The molecule has 190 valence electrons. The highest BCUT2D eigenvalue weighted by Crippen LogP contribution is 2.44. The van der Waals surface area contributed by atoms with Gasteiger partial charge in [-0.25, -0.2) is 0 Å². The Morgan fingerprint density at radius 1 is 0.946 bits per heavy atom. The number of benzene rings is 3. The van der Waals surface area contributed by atoms with Gasteiger partial charge in [-0.15, -0.1) is 0 Å². The number of aromatic amines is 1. The lowest BCUT2D eigenvalue weighted by Crippen LogP contribution is -2.48. The number of ether oxygens (including phenoxy) is 3. The van der Waals surface area contributed by atoms with Gasteiger partial charge < -0.3 is 19.2 Å². The number of nitrogens with one attached hydrogen (secondary N) is 1. The molecular weight excluding hydrogens is 537 g/mol. The maximum absolute atomic E-state index is 13.2. The molecule has 1 aliphatic rings. The average Bonchev–Trinajstić information content (AvgIpc) is 3.25. The molecule has 1 saturated heterocycles. The number of rotatable bonds is 6. The van der Waals surface area contributed by atoms with Crippen LogP contribution in [0.2, 0.25) is 15.1 Å². The van der Waals surface area contributed by atoms with E-state index in [9.17, 15) is 9.59 Å². The lowest BCUT2D eigenvalue weighted by Gasteiger charge is -2.36. The largest absolute Gasteiger partial charge is 0.486 e. The number of H-pyrrole nitrogens is 1. The van der Waals surface area contributed by atoms with Crippen LogP contribution in [0.3, 0.4) is 0 Å². The van der Waals surface area contributed by atoms with Crippen molar-refractivity contribution in [1.29, 1.82) is 0 Å². The quantitative estimate of drug-likeness (QED) is 0.199. The third-order valence-electron chi connectivity index (χ3n) is 6.17. The highest BCUT2D eigenvalue weighted by molar-refractivity contribution is 6.37. The molecule has 0 unspecified atom stereocenters. The van der Waals surface area contributed by atoms with E-state index in [0.29, 0.717) is 16.1 Å². The van der Waals surface area contributed by atoms with Crippen LogP contribution in [-0.4, -0.2) is 22.7 Å². The Labute approximate surface area is 228 Å². The van der Waals surface area contributed by atoms with Crippen molar-refractivity contribution in [1.82, 2.24) is 4.98 Å². The number of para-hydroxylation sites is 1. The summed E-state index contributed by atoms with van der Waals surface area (Å²) in [7, 11) is 0. The number of fused-ring (bicyclic) bond motifs is 1. The number of hydrogen-bond donors (Lipinski definition) is 1. The van der Waals surface area contributed by atoms with Crippen molar-refractivity contribution >= 4 is 57.6 Å². The minimum atomic E-state index is -1.36. The van der Waals surface area contributed by atoms with Crippen molar-refractivity contribution in [2.75, 3.05) is 0 Å². The molecule has 1 aliphatic heterocycles. The molecule has 1 aromatic heterocycles. The molecule has 1 fully saturated rings. The fourth-order valence-electron chi connectivity index (χ4n) is 4.54. The van der Waals surface area contributed by atoms with Crippen LogP contribution in [0.15, 0.2) is 66.9 Å². The maximum Gasteiger partial charge on any atom is 0.324 e. The first-order chi connectivity index (χ1) is 17.6. The minimum absolute atomic E-state index is 0.220. The smallest absolute Gasteiger partial charge is 0.324 e. The highest BCUT2D eigenvalue weighted by atomic mass is 35.5. The Balaban J connectivity index is 1.56. The van der Waals surface area contributed by atoms with E-state index >= 15 is 0 Å². The Kier molecular flexibility index (Phi) is 6.84. The third-order valence-corrected chi connectivity index (χ3v) is 6.98. The van der Waals surface area contributed by atoms with Gasteiger partial charge >= 0.3 is 11.9 Å². The van der Waals surface area contributed by atoms with Crippen LogP contribution in [-0.2, 0) is 25.7 Å². The standard InChI is InChI=1S/C28H22Cl3NO5/c1-28(2)36-26(33)24(27(34)37-28)23(19-13-32-22-6-4-3-5-18(19)22)16-11-20(30)25(21(31)12-16)35-14-15-7-9-17(29)10-8-15/h3-13,23-24,32H,14H2,1-2H3/t23-/m1/s1. The number of esters is 2. The molecule has 0 bridgehead atoms. The van der Waals surface area contributed by atoms with E-state index in [4.69, 9.17) is 49.0 Å². The van der Waals surface area contributed by atoms with E-state index < -0.39 is 29.6 Å². The minimum Gasteiger partial charge on any atom is -0.486 e. The van der Waals surface area contributed by atoms with Crippen LogP contribution >= 0.6 is 34.8 Å². The Hall–Kier alpha value is -3.19. The molecule has 0 saturated carbocycles. The summed E-state index contributed by atoms with van der Waals surface area (Å²) in [5.74, 6) is -4.49. The molecule has 1 atom stereocenters. The number of aromatic nitrogens is 1. The van der Waals surface area contributed by atoms with Gasteiger partial charge in [0.25, 0.3) is 5.79 Å². The summed E-state index contributed by atoms with van der Waals surface area (Å²) in [6.45, 7) is 3.25. The summed E-state index contributed by atoms with van der Waals surface area (Å²) in [6.07, 6.45) is 1.77. The fourth-order valence-corrected chi connectivity index (χ4v) is 5.28. The van der Waals surface area contributed by atoms with Gasteiger partial charge in [0.05, 0.1) is 10.0 Å². The number of hydrogen-bond acceptors (Lipinski definition) is 5. The SMILES string of the molecule is CC1(C)OC(=O)C([C@H](c2cc(Cl)c(OCc3ccc(Cl)cc3)c(Cl)c2)c2c[nH]c3ccccc23)C(=O)O1. The van der Waals surface area contributed by atoms with Crippen LogP contribution < -0.4 is 4.74 Å². The van der Waals surface area contributed by atoms with Crippen LogP contribution in [0.4, 0.5) is 0 Å². The predicted octanol–water partition coefficient (Wildman–Crippen LogP) is 7.29. The predicted molar refractivity (Wildman–Crippen MR) is 142 cm³/mol. The lowest BCUT2D eigenvalue weighted by atomic mass is 9.80. The third kappa shape index (κ3) is 5.14. The van der Waals surface area contributed by atoms with Crippen molar-refractivity contribution in [2.24, 2.45) is 5.92 Å². The molecule has 3 aromatic carbocycles. The molecule has 2 heterocycles. The summed E-state index contributed by atoms with van der Waals surface area (Å²) in [5.41, 5.74) is 2.97. The lowest BCUT2D eigenvalue weighted by molar-refractivity contribution is -0.240. The van der Waals surface area contributed by atoms with Crippen LogP contribution in [0, 0.1) is 5.92 Å². The molecule has 9 heteroatoms. The molecule has 0 spiro atoms. The summed E-state index contributed by atoms with van der Waals surface area (Å²) in [5, 5.41) is 1.93. The number of carbonyl (C=O) groups is 2. The first kappa shape index (κ1) is 25.5. The zero-order chi connectivity index (χ0) is 26.3. The Bertz CT molecular complexity index is 1450. The highest BCUT2D eigenvalue weighted by Gasteiger charge is 2.48. The van der Waals surface area contributed by atoms with Crippen molar-refractivity contribution < 1.29 is 23.8 Å². The van der Waals surface area contributed by atoms with Gasteiger partial charge in [0, 0.05) is 41.9 Å². The van der Waals surface area contributed by atoms with Gasteiger partial charge in [0.2, 0.25) is 0 Å². The summed E-state index contributed by atoms with van der Waals surface area (Å²) in [4.78, 5) is 29.5. The molecule has 0 aliphatic carbocycles. The van der Waals surface area contributed by atoms with Crippen molar-refractivity contribution in [2.45, 2.75) is 32.2 Å². The van der Waals surface area contributed by atoms with E-state index in [2.05, 4.69) is 4.98 Å². The maximum atomic E-state index is 13.2. The molecule has 0 radical (unpaired) electrons. The van der Waals surface area contributed by atoms with E-state index in [1.165, 1.54) is 13.8 Å². The molecule has 37 heavy (non-hydrogen) atoms. The zero-order valence-electron chi connectivity index (χ0n) is 19.9. The average molecular weight is 559 g/mol. The monoisotopic (exact) mass is 557 g/mol. The molecule has 4 aromatic rings. The van der Waals surface area contributed by atoms with Gasteiger partial charge in [0.1, 0.15) is 6.61 Å². The first-order valence-electron chi connectivity index (χ1n) is 11.5. The first-order valence-corrected chi connectivity index (χ1v) is 12.6. The summed E-state index contributed by atoms with van der Waals surface area (Å²) >= 11 is 19.2. The normalized spacial score (nSPS) is 16.4. The molecule has 6 nitrogen and oxygen atoms in total. The zero-order valence-corrected chi connectivity index (χ0v) is 22.2. The van der Waals surface area contributed by atoms with Gasteiger partial charge in [-0.05, 0) is 47.0 Å². The second kappa shape index (κ2) is 9.93. The van der Waals surface area contributed by atoms with E-state index in [0.717, 1.165) is 16.5 Å². The van der Waals surface area contributed by atoms with Crippen LogP contribution in [0.5, 0.6) is 5.75 Å². The Morgan fingerprint density at radius 3 is 2.22 bits per heavy atom. The van der Waals surface area contributed by atoms with E-state index in [-0.39, 0.29) is 22.4 Å². The van der Waals surface area contributed by atoms with Gasteiger partial charge in [-0.1, -0.05) is 65.1 Å². The summed E-state index contributed by atoms with van der Waals surface area (Å²) in [6, 6.07) is 18.1. The molecule has 5 rings (SSSR count). The second-order valence-corrected chi connectivity index (χ2v) is 10.5. The van der Waals surface area contributed by atoms with Crippen molar-refractivity contribution in [3.8, 4) is 5.75 Å². The van der Waals surface area contributed by atoms with Crippen molar-refractivity contribution in [3.63, 3.8) is 0 Å². The van der Waals surface area contributed by atoms with Crippen molar-refractivity contribution in [3.05, 3.63) is 98.6 Å². The second-order valence-electron chi connectivity index (χ2n) is 9.22. The molecular formula is C28H22Cl3NO5. The van der Waals surface area contributed by atoms with Crippen LogP contribution in [0.1, 0.15) is 36.5 Å². The fraction of sp³-hybridized carbons (Fsp3) is 0.214. The van der Waals surface area contributed by atoms with E-state index in [1.807, 2.05) is 36.4 Å². The van der Waals surface area contributed by atoms with Gasteiger partial charge in [0.15, 0.2) is 11.7 Å². The molecule has 0 amide bonds. The number of carbonyl (C=O) groups excluding carboxylic acids is 2. The Morgan fingerprint density at radius 2 is 1.57 bits per heavy atom. The van der Waals surface area contributed by atoms with E-state index in [1.54, 1.807) is 30.5 Å². The van der Waals surface area contributed by atoms with Crippen LogP contribution in [0.25, 0.3) is 10.9 Å². The number of cyclic esters (lactones) is 2. The summed E-state index contributed by atoms with van der Waals surface area (Å²) < 4.78 is 16.8. The van der Waals surface area contributed by atoms with Gasteiger partial charge in [-0.2, -0.15) is 0 Å². The molecule has 1 N–H and O–H groups in total.